The number of rotatable bonds is 3. The number of ether oxygens (including phenoxy) is 1. The molecule has 20 heavy (non-hydrogen) atoms. The molecule has 0 atom stereocenters. The van der Waals surface area contributed by atoms with Crippen molar-refractivity contribution in [1.29, 1.82) is 0 Å². The normalized spacial score (nSPS) is 14.3. The van der Waals surface area contributed by atoms with Crippen LogP contribution in [-0.2, 0) is 0 Å². The fourth-order valence-corrected chi connectivity index (χ4v) is 2.31. The van der Waals surface area contributed by atoms with Crippen LogP contribution in [0.1, 0.15) is 30.1 Å². The van der Waals surface area contributed by atoms with Crippen molar-refractivity contribution in [3.05, 3.63) is 39.1 Å². The van der Waals surface area contributed by atoms with Gasteiger partial charge < -0.3 is 10.5 Å². The molecule has 2 N–H and O–H groups in total. The molecule has 0 bridgehead atoms. The van der Waals surface area contributed by atoms with Crippen LogP contribution in [0.3, 0.4) is 0 Å². The third-order valence-corrected chi connectivity index (χ3v) is 4.00. The van der Waals surface area contributed by atoms with E-state index in [9.17, 15) is 0 Å². The van der Waals surface area contributed by atoms with Gasteiger partial charge in [0.05, 0.1) is 10.6 Å². The van der Waals surface area contributed by atoms with Gasteiger partial charge >= 0.3 is 0 Å². The van der Waals surface area contributed by atoms with Crippen LogP contribution in [0, 0.1) is 6.92 Å². The molecule has 1 fully saturated rings. The van der Waals surface area contributed by atoms with Gasteiger partial charge in [0.1, 0.15) is 17.4 Å². The Bertz CT molecular complexity index is 674. The fraction of sp³-hybridized carbons (Fsp3) is 0.286. The quantitative estimate of drug-likeness (QED) is 0.884. The summed E-state index contributed by atoms with van der Waals surface area (Å²) in [6.45, 7) is 1.84. The summed E-state index contributed by atoms with van der Waals surface area (Å²) >= 11 is 9.53. The minimum absolute atomic E-state index is 0.415. The van der Waals surface area contributed by atoms with Crippen molar-refractivity contribution in [2.45, 2.75) is 25.7 Å². The van der Waals surface area contributed by atoms with Crippen molar-refractivity contribution in [3.8, 4) is 11.6 Å². The van der Waals surface area contributed by atoms with Crippen LogP contribution >= 0.6 is 27.5 Å². The van der Waals surface area contributed by atoms with Gasteiger partial charge in [-0.2, -0.15) is 4.98 Å². The Kier molecular flexibility index (Phi) is 3.56. The molecule has 1 heterocycles. The van der Waals surface area contributed by atoms with Crippen LogP contribution in [0.15, 0.2) is 22.7 Å². The fourth-order valence-electron chi connectivity index (χ4n) is 1.81. The Morgan fingerprint density at radius 3 is 2.80 bits per heavy atom. The molecule has 6 heteroatoms. The number of nitrogens with two attached hydrogens (primary N) is 1. The maximum atomic E-state index is 6.13. The highest BCUT2D eigenvalue weighted by atomic mass is 79.9. The minimum atomic E-state index is 0.415. The molecule has 104 valence electrons. The summed E-state index contributed by atoms with van der Waals surface area (Å²) in [6.07, 6.45) is 2.22. The number of hydrogen-bond acceptors (Lipinski definition) is 4. The lowest BCUT2D eigenvalue weighted by atomic mass is 10.3. The number of nitrogens with zero attached hydrogens (tertiary/aromatic N) is 2. The molecule has 1 saturated carbocycles. The molecule has 1 aromatic carbocycles. The van der Waals surface area contributed by atoms with Gasteiger partial charge in [-0.3, -0.25) is 0 Å². The van der Waals surface area contributed by atoms with Crippen LogP contribution in [0.2, 0.25) is 5.02 Å². The van der Waals surface area contributed by atoms with Crippen molar-refractivity contribution in [2.75, 3.05) is 5.73 Å². The van der Waals surface area contributed by atoms with E-state index in [0.29, 0.717) is 28.4 Å². The van der Waals surface area contributed by atoms with Crippen LogP contribution in [0.4, 0.5) is 5.82 Å². The van der Waals surface area contributed by atoms with E-state index in [1.54, 1.807) is 12.1 Å². The summed E-state index contributed by atoms with van der Waals surface area (Å²) in [5, 5.41) is 0.526. The molecule has 1 aromatic heterocycles. The SMILES string of the molecule is Cc1c(N)nc(C2CC2)nc1Oc1cc(Br)ccc1Cl. The molecule has 3 rings (SSSR count). The Hall–Kier alpha value is -1.33. The maximum Gasteiger partial charge on any atom is 0.227 e. The molecule has 1 aliphatic carbocycles. The standard InChI is InChI=1S/C14H13BrClN3O/c1-7-12(17)18-13(8-2-3-8)19-14(7)20-11-6-9(15)4-5-10(11)16/h4-6,8H,2-3H2,1H3,(H2,17,18,19). The second kappa shape index (κ2) is 5.22. The zero-order chi connectivity index (χ0) is 14.3. The number of halogens is 2. The van der Waals surface area contributed by atoms with Crippen molar-refractivity contribution < 1.29 is 4.74 Å². The largest absolute Gasteiger partial charge is 0.437 e. The topological polar surface area (TPSA) is 61.0 Å². The molecule has 0 saturated heterocycles. The van der Waals surface area contributed by atoms with Crippen molar-refractivity contribution in [3.63, 3.8) is 0 Å². The van der Waals surface area contributed by atoms with E-state index < -0.39 is 0 Å². The Morgan fingerprint density at radius 1 is 1.35 bits per heavy atom. The second-order valence-corrected chi connectivity index (χ2v) is 6.17. The van der Waals surface area contributed by atoms with E-state index in [2.05, 4.69) is 25.9 Å². The highest BCUT2D eigenvalue weighted by Gasteiger charge is 2.28. The van der Waals surface area contributed by atoms with Crippen LogP contribution < -0.4 is 10.5 Å². The lowest BCUT2D eigenvalue weighted by Crippen LogP contribution is -2.04. The molecule has 0 unspecified atom stereocenters. The third kappa shape index (κ3) is 2.74. The van der Waals surface area contributed by atoms with Crippen LogP contribution in [0.25, 0.3) is 0 Å². The van der Waals surface area contributed by atoms with E-state index in [1.165, 1.54) is 0 Å². The van der Waals surface area contributed by atoms with E-state index in [4.69, 9.17) is 22.1 Å². The molecule has 0 amide bonds. The number of nitrogen functional groups attached to an aromatic ring is 1. The number of anilines is 1. The summed E-state index contributed by atoms with van der Waals surface area (Å²) < 4.78 is 6.72. The van der Waals surface area contributed by atoms with Gasteiger partial charge in [0.25, 0.3) is 0 Å². The first-order valence-electron chi connectivity index (χ1n) is 6.31. The highest BCUT2D eigenvalue weighted by Crippen LogP contribution is 2.40. The first kappa shape index (κ1) is 13.6. The summed E-state index contributed by atoms with van der Waals surface area (Å²) in [7, 11) is 0. The van der Waals surface area contributed by atoms with E-state index in [1.807, 2.05) is 13.0 Å². The minimum Gasteiger partial charge on any atom is -0.437 e. The number of hydrogen-bond donors (Lipinski definition) is 1. The van der Waals surface area contributed by atoms with E-state index >= 15 is 0 Å². The molecular weight excluding hydrogens is 342 g/mol. The Morgan fingerprint density at radius 2 is 2.10 bits per heavy atom. The molecular formula is C14H13BrClN3O. The zero-order valence-electron chi connectivity index (χ0n) is 10.9. The van der Waals surface area contributed by atoms with Gasteiger partial charge in [-0.05, 0) is 38.0 Å². The first-order valence-corrected chi connectivity index (χ1v) is 7.48. The maximum absolute atomic E-state index is 6.13. The van der Waals surface area contributed by atoms with Crippen molar-refractivity contribution >= 4 is 33.3 Å². The second-order valence-electron chi connectivity index (χ2n) is 4.85. The first-order chi connectivity index (χ1) is 9.54. The molecule has 0 radical (unpaired) electrons. The third-order valence-electron chi connectivity index (χ3n) is 3.20. The number of benzene rings is 1. The van der Waals surface area contributed by atoms with Crippen molar-refractivity contribution in [2.24, 2.45) is 0 Å². The predicted molar refractivity (Wildman–Crippen MR) is 82.4 cm³/mol. The van der Waals surface area contributed by atoms with Gasteiger partial charge in [0.2, 0.25) is 5.88 Å². The molecule has 4 nitrogen and oxygen atoms in total. The van der Waals surface area contributed by atoms with Crippen molar-refractivity contribution in [1.82, 2.24) is 9.97 Å². The summed E-state index contributed by atoms with van der Waals surface area (Å²) in [5.41, 5.74) is 6.66. The van der Waals surface area contributed by atoms with E-state index in [-0.39, 0.29) is 0 Å². The van der Waals surface area contributed by atoms with Crippen LogP contribution in [0.5, 0.6) is 11.6 Å². The van der Waals surface area contributed by atoms with Crippen LogP contribution in [-0.4, -0.2) is 9.97 Å². The highest BCUT2D eigenvalue weighted by molar-refractivity contribution is 9.10. The Balaban J connectivity index is 1.99. The lowest BCUT2D eigenvalue weighted by molar-refractivity contribution is 0.455. The molecule has 2 aromatic rings. The summed E-state index contributed by atoms with van der Waals surface area (Å²) in [5.74, 6) is 2.65. The smallest absolute Gasteiger partial charge is 0.227 e. The van der Waals surface area contributed by atoms with Gasteiger partial charge in [-0.25, -0.2) is 4.98 Å². The van der Waals surface area contributed by atoms with E-state index in [0.717, 1.165) is 28.7 Å². The average Bonchev–Trinajstić information content (AvgIpc) is 3.23. The predicted octanol–water partition coefficient (Wildman–Crippen LogP) is 4.45. The summed E-state index contributed by atoms with van der Waals surface area (Å²) in [4.78, 5) is 8.80. The van der Waals surface area contributed by atoms with Gasteiger partial charge in [-0.15, -0.1) is 0 Å². The molecule has 0 spiro atoms. The average molecular weight is 355 g/mol. The van der Waals surface area contributed by atoms with Gasteiger partial charge in [-0.1, -0.05) is 27.5 Å². The monoisotopic (exact) mass is 353 g/mol. The molecule has 1 aliphatic rings. The number of aromatic nitrogens is 2. The molecule has 0 aliphatic heterocycles. The summed E-state index contributed by atoms with van der Waals surface area (Å²) in [6, 6.07) is 5.42. The Labute approximate surface area is 130 Å². The zero-order valence-corrected chi connectivity index (χ0v) is 13.2. The lowest BCUT2D eigenvalue weighted by Gasteiger charge is -2.12. The van der Waals surface area contributed by atoms with Gasteiger partial charge in [0, 0.05) is 10.4 Å². The van der Waals surface area contributed by atoms with Gasteiger partial charge in [0.15, 0.2) is 0 Å².